The van der Waals surface area contributed by atoms with Gasteiger partial charge in [-0.3, -0.25) is 14.5 Å². The molecule has 1 fully saturated rings. The number of hydrogen-bond acceptors (Lipinski definition) is 8. The Bertz CT molecular complexity index is 1100. The molecule has 0 aromatic carbocycles. The smallest absolute Gasteiger partial charge is 0.257 e. The van der Waals surface area contributed by atoms with E-state index in [1.54, 1.807) is 23.1 Å². The van der Waals surface area contributed by atoms with Crippen molar-refractivity contribution >= 4 is 34.7 Å². The number of nitrogens with zero attached hydrogens (tertiary/aromatic N) is 2. The molecule has 1 saturated heterocycles. The summed E-state index contributed by atoms with van der Waals surface area (Å²) in [6.45, 7) is 8.60. The summed E-state index contributed by atoms with van der Waals surface area (Å²) >= 11 is 3.14. The lowest BCUT2D eigenvalue weighted by molar-refractivity contribution is -0.118. The highest BCUT2D eigenvalue weighted by Gasteiger charge is 2.42. The number of ketones is 1. The first-order chi connectivity index (χ1) is 15.4. The minimum absolute atomic E-state index is 0.114. The van der Waals surface area contributed by atoms with Crippen LogP contribution in [0.3, 0.4) is 0 Å². The van der Waals surface area contributed by atoms with Crippen LogP contribution in [0.15, 0.2) is 38.7 Å². The number of allylic oxidation sites excluding steroid dienone is 2. The number of thiophene rings is 1. The van der Waals surface area contributed by atoms with Crippen LogP contribution in [0.4, 0.5) is 5.82 Å². The fourth-order valence-electron chi connectivity index (χ4n) is 4.80. The van der Waals surface area contributed by atoms with Crippen molar-refractivity contribution in [3.8, 4) is 0 Å². The molecular weight excluding hydrogens is 444 g/mol. The number of ether oxygens (including phenoxy) is 1. The van der Waals surface area contributed by atoms with E-state index in [4.69, 9.17) is 9.72 Å². The number of carbonyl (C=O) groups is 1. The van der Waals surface area contributed by atoms with Gasteiger partial charge >= 0.3 is 0 Å². The lowest BCUT2D eigenvalue weighted by Crippen LogP contribution is -2.37. The summed E-state index contributed by atoms with van der Waals surface area (Å²) < 4.78 is 5.40. The predicted octanol–water partition coefficient (Wildman–Crippen LogP) is 3.46. The average molecular weight is 473 g/mol. The molecule has 2 aromatic rings. The van der Waals surface area contributed by atoms with Gasteiger partial charge in [-0.15, -0.1) is 11.3 Å². The van der Waals surface area contributed by atoms with E-state index in [1.807, 2.05) is 17.5 Å². The van der Waals surface area contributed by atoms with E-state index in [-0.39, 0.29) is 22.7 Å². The van der Waals surface area contributed by atoms with Crippen molar-refractivity contribution in [2.75, 3.05) is 43.9 Å². The zero-order valence-electron chi connectivity index (χ0n) is 18.4. The van der Waals surface area contributed by atoms with Crippen LogP contribution in [0, 0.1) is 5.41 Å². The average Bonchev–Trinajstić information content (AvgIpc) is 3.27. The van der Waals surface area contributed by atoms with Crippen molar-refractivity contribution in [3.05, 3.63) is 49.6 Å². The number of Topliss-reactive ketones (excluding diaryl/α,β-unsaturated/α-hetero) is 1. The van der Waals surface area contributed by atoms with Crippen molar-refractivity contribution in [2.24, 2.45) is 5.41 Å². The van der Waals surface area contributed by atoms with Crippen LogP contribution >= 0.6 is 23.1 Å². The van der Waals surface area contributed by atoms with E-state index < -0.39 is 0 Å². The molecule has 1 atom stereocenters. The largest absolute Gasteiger partial charge is 0.379 e. The predicted molar refractivity (Wildman–Crippen MR) is 128 cm³/mol. The van der Waals surface area contributed by atoms with Crippen LogP contribution in [0.5, 0.6) is 0 Å². The number of aromatic amines is 1. The maximum Gasteiger partial charge on any atom is 0.257 e. The van der Waals surface area contributed by atoms with Gasteiger partial charge in [-0.25, -0.2) is 4.98 Å². The molecule has 32 heavy (non-hydrogen) atoms. The van der Waals surface area contributed by atoms with Gasteiger partial charge in [0.05, 0.1) is 24.7 Å². The molecule has 5 rings (SSSR count). The zero-order valence-corrected chi connectivity index (χ0v) is 20.0. The Kier molecular flexibility index (Phi) is 6.00. The summed E-state index contributed by atoms with van der Waals surface area (Å²) in [7, 11) is 0. The highest BCUT2D eigenvalue weighted by molar-refractivity contribution is 7.99. The van der Waals surface area contributed by atoms with Crippen molar-refractivity contribution < 1.29 is 9.53 Å². The Morgan fingerprint density at radius 2 is 2.09 bits per heavy atom. The van der Waals surface area contributed by atoms with E-state index in [1.165, 1.54) is 0 Å². The molecule has 170 valence electrons. The first-order valence-electron chi connectivity index (χ1n) is 11.0. The van der Waals surface area contributed by atoms with Crippen molar-refractivity contribution in [1.29, 1.82) is 0 Å². The fraction of sp³-hybridized carbons (Fsp3) is 0.522. The van der Waals surface area contributed by atoms with Gasteiger partial charge in [0, 0.05) is 48.0 Å². The Hall–Kier alpha value is -1.94. The molecule has 9 heteroatoms. The second-order valence-corrected chi connectivity index (χ2v) is 11.4. The lowest BCUT2D eigenvalue weighted by atomic mass is 9.70. The van der Waals surface area contributed by atoms with Crippen LogP contribution < -0.4 is 10.9 Å². The standard InChI is InChI=1S/C23H28N4O3S2/c1-23(2)12-14-17(15(28)13-23)18(16-4-3-10-31-16)19-20(24-14)25-22(26-21(19)29)32-11-7-27-5-8-30-9-6-27/h3-4,10,18H,5-9,11-13H2,1-2H3,(H2,24,25,26,29)/t18-/m1/s1. The highest BCUT2D eigenvalue weighted by Crippen LogP contribution is 2.48. The number of anilines is 1. The van der Waals surface area contributed by atoms with Gasteiger partial charge in [-0.1, -0.05) is 31.7 Å². The Morgan fingerprint density at radius 3 is 2.84 bits per heavy atom. The third kappa shape index (κ3) is 4.31. The molecule has 0 amide bonds. The first-order valence-corrected chi connectivity index (χ1v) is 12.9. The summed E-state index contributed by atoms with van der Waals surface area (Å²) in [5, 5.41) is 6.00. The molecular formula is C23H28N4O3S2. The molecule has 0 unspecified atom stereocenters. The summed E-state index contributed by atoms with van der Waals surface area (Å²) in [5.41, 5.74) is 1.92. The van der Waals surface area contributed by atoms with E-state index in [9.17, 15) is 9.59 Å². The van der Waals surface area contributed by atoms with Crippen LogP contribution in [0.25, 0.3) is 0 Å². The number of fused-ring (bicyclic) bond motifs is 1. The number of hydrogen-bond donors (Lipinski definition) is 2. The number of aromatic nitrogens is 2. The number of morpholine rings is 1. The monoisotopic (exact) mass is 472 g/mol. The Morgan fingerprint density at radius 1 is 1.28 bits per heavy atom. The SMILES string of the molecule is CC1(C)CC(=O)C2=C(C1)Nc1nc(SCCN3CCOCC3)[nH]c(=O)c1[C@@H]2c1cccs1. The summed E-state index contributed by atoms with van der Waals surface area (Å²) in [5.74, 6) is 1.20. The van der Waals surface area contributed by atoms with E-state index >= 15 is 0 Å². The number of carbonyl (C=O) groups excluding carboxylic acids is 1. The quantitative estimate of drug-likeness (QED) is 0.509. The number of rotatable bonds is 5. The molecule has 4 heterocycles. The minimum atomic E-state index is -0.353. The van der Waals surface area contributed by atoms with Gasteiger partial charge in [-0.2, -0.15) is 0 Å². The van der Waals surface area contributed by atoms with Crippen molar-refractivity contribution in [1.82, 2.24) is 14.9 Å². The van der Waals surface area contributed by atoms with Crippen molar-refractivity contribution in [2.45, 2.75) is 37.8 Å². The Labute approximate surface area is 195 Å². The first kappa shape index (κ1) is 21.9. The molecule has 3 aliphatic rings. The van der Waals surface area contributed by atoms with Gasteiger partial charge in [0.15, 0.2) is 10.9 Å². The molecule has 0 saturated carbocycles. The Balaban J connectivity index is 1.46. The normalized spacial score (nSPS) is 22.9. The van der Waals surface area contributed by atoms with Crippen molar-refractivity contribution in [3.63, 3.8) is 0 Å². The number of thioether (sulfide) groups is 1. The summed E-state index contributed by atoms with van der Waals surface area (Å²) in [6.07, 6.45) is 1.26. The zero-order chi connectivity index (χ0) is 22.3. The molecule has 2 aliphatic heterocycles. The third-order valence-corrected chi connectivity index (χ3v) is 8.07. The molecule has 1 aliphatic carbocycles. The maximum absolute atomic E-state index is 13.3. The van der Waals surface area contributed by atoms with Crippen LogP contribution in [0.2, 0.25) is 0 Å². The third-order valence-electron chi connectivity index (χ3n) is 6.28. The molecule has 0 radical (unpaired) electrons. The topological polar surface area (TPSA) is 87.3 Å². The van der Waals surface area contributed by atoms with E-state index in [0.717, 1.165) is 61.2 Å². The summed E-state index contributed by atoms with van der Waals surface area (Å²) in [6, 6.07) is 3.98. The molecule has 0 bridgehead atoms. The summed E-state index contributed by atoms with van der Waals surface area (Å²) in [4.78, 5) is 37.6. The van der Waals surface area contributed by atoms with E-state index in [2.05, 4.69) is 29.0 Å². The second-order valence-electron chi connectivity index (χ2n) is 9.34. The fourth-order valence-corrected chi connectivity index (χ4v) is 6.50. The highest BCUT2D eigenvalue weighted by atomic mass is 32.2. The minimum Gasteiger partial charge on any atom is -0.379 e. The van der Waals surface area contributed by atoms with Gasteiger partial charge in [-0.05, 0) is 23.3 Å². The van der Waals surface area contributed by atoms with Crippen LogP contribution in [-0.4, -0.2) is 59.3 Å². The molecule has 2 N–H and O–H groups in total. The number of H-pyrrole nitrogens is 1. The second kappa shape index (κ2) is 8.78. The maximum atomic E-state index is 13.3. The van der Waals surface area contributed by atoms with Gasteiger partial charge in [0.2, 0.25) is 0 Å². The van der Waals surface area contributed by atoms with Gasteiger partial charge in [0.1, 0.15) is 5.82 Å². The van der Waals surface area contributed by atoms with Gasteiger partial charge < -0.3 is 15.0 Å². The van der Waals surface area contributed by atoms with E-state index in [0.29, 0.717) is 23.0 Å². The lowest BCUT2D eigenvalue weighted by Gasteiger charge is -2.38. The molecule has 0 spiro atoms. The van der Waals surface area contributed by atoms with Crippen LogP contribution in [-0.2, 0) is 9.53 Å². The molecule has 7 nitrogen and oxygen atoms in total. The molecule has 2 aromatic heterocycles. The number of nitrogens with one attached hydrogen (secondary N) is 2. The van der Waals surface area contributed by atoms with Crippen LogP contribution in [0.1, 0.15) is 43.0 Å². The van der Waals surface area contributed by atoms with Gasteiger partial charge in [0.25, 0.3) is 5.56 Å².